The van der Waals surface area contributed by atoms with E-state index in [2.05, 4.69) is 44.2 Å². The van der Waals surface area contributed by atoms with E-state index < -0.39 is 16.1 Å². The molecule has 2 aliphatic heterocycles. The molecular weight excluding hydrogens is 637 g/mol. The van der Waals surface area contributed by atoms with E-state index in [9.17, 15) is 13.2 Å². The van der Waals surface area contributed by atoms with E-state index in [4.69, 9.17) is 19.7 Å². The fraction of sp³-hybridized carbons (Fsp3) is 0.421. The minimum absolute atomic E-state index is 0.0409. The molecule has 1 amide bonds. The quantitative estimate of drug-likeness (QED) is 0.239. The molecule has 10 nitrogen and oxygen atoms in total. The van der Waals surface area contributed by atoms with Crippen molar-refractivity contribution in [3.05, 3.63) is 89.5 Å². The zero-order valence-corrected chi connectivity index (χ0v) is 30.3. The molecule has 6 rings (SSSR count). The summed E-state index contributed by atoms with van der Waals surface area (Å²) >= 11 is 0. The maximum atomic E-state index is 14.5. The maximum absolute atomic E-state index is 14.5. The molecule has 4 bridgehead atoms. The lowest BCUT2D eigenvalue weighted by Crippen LogP contribution is -2.45. The molecule has 4 aromatic rings. The number of benzene rings is 2. The third kappa shape index (κ3) is 7.88. The Morgan fingerprint density at radius 3 is 2.35 bits per heavy atom. The second kappa shape index (κ2) is 13.1. The van der Waals surface area contributed by atoms with Crippen LogP contribution in [0.3, 0.4) is 0 Å². The lowest BCUT2D eigenvalue weighted by molar-refractivity contribution is 0.0509. The van der Waals surface area contributed by atoms with Gasteiger partial charge in [-0.15, -0.1) is 0 Å². The van der Waals surface area contributed by atoms with E-state index in [0.717, 1.165) is 41.9 Å². The highest BCUT2D eigenvalue weighted by atomic mass is 32.2. The number of fused-ring (bicyclic) bond motifs is 4. The number of ether oxygens (including phenoxy) is 1. The average molecular weight is 683 g/mol. The fourth-order valence-corrected chi connectivity index (χ4v) is 7.79. The van der Waals surface area contributed by atoms with Crippen LogP contribution in [-0.4, -0.2) is 59.9 Å². The summed E-state index contributed by atoms with van der Waals surface area (Å²) in [6.45, 7) is 17.1. The Morgan fingerprint density at radius 2 is 1.69 bits per heavy atom. The molecular formula is C38H46N6O4S. The van der Waals surface area contributed by atoms with Crippen molar-refractivity contribution < 1.29 is 17.9 Å². The Labute approximate surface area is 290 Å². The van der Waals surface area contributed by atoms with Gasteiger partial charge in [0.2, 0.25) is 0 Å². The number of carbonyl (C=O) groups excluding carboxylic acids is 1. The SMILES string of the molecule is Cc1cccc(C)c1-c1cc2cc(n1)NS(=O)(=O)c1cccc(c1)C(=O)N(Cc1ncc(N3CCC(C)(C)C3)cn1)[C@H](CC(C)(C)C)CO2. The first-order valence-electron chi connectivity index (χ1n) is 16.8. The minimum atomic E-state index is -4.11. The number of rotatable bonds is 5. The summed E-state index contributed by atoms with van der Waals surface area (Å²) in [6.07, 6.45) is 5.37. The number of anilines is 2. The molecule has 1 saturated heterocycles. The summed E-state index contributed by atoms with van der Waals surface area (Å²) in [5.41, 5.74) is 4.76. The Bertz CT molecular complexity index is 1950. The van der Waals surface area contributed by atoms with E-state index in [1.165, 1.54) is 12.1 Å². The summed E-state index contributed by atoms with van der Waals surface area (Å²) in [7, 11) is -4.11. The van der Waals surface area contributed by atoms with Crippen molar-refractivity contribution in [1.82, 2.24) is 19.9 Å². The monoisotopic (exact) mass is 682 g/mol. The van der Waals surface area contributed by atoms with Gasteiger partial charge >= 0.3 is 0 Å². The van der Waals surface area contributed by atoms with Gasteiger partial charge in [-0.2, -0.15) is 0 Å². The van der Waals surface area contributed by atoms with Crippen LogP contribution >= 0.6 is 0 Å². The average Bonchev–Trinajstić information content (AvgIpc) is 3.40. The van der Waals surface area contributed by atoms with Crippen LogP contribution in [0.15, 0.2) is 71.9 Å². The number of pyridine rings is 1. The van der Waals surface area contributed by atoms with Crippen LogP contribution in [0.25, 0.3) is 11.3 Å². The van der Waals surface area contributed by atoms with E-state index >= 15 is 0 Å². The molecule has 11 heteroatoms. The Morgan fingerprint density at radius 1 is 1.00 bits per heavy atom. The molecule has 2 aliphatic rings. The molecule has 0 unspecified atom stereocenters. The summed E-state index contributed by atoms with van der Waals surface area (Å²) in [4.78, 5) is 32.6. The molecule has 0 spiro atoms. The van der Waals surface area contributed by atoms with Gasteiger partial charge in [0.05, 0.1) is 41.3 Å². The first kappa shape index (κ1) is 34.4. The highest BCUT2D eigenvalue weighted by Crippen LogP contribution is 2.34. The van der Waals surface area contributed by atoms with E-state index in [-0.39, 0.29) is 46.2 Å². The molecule has 49 heavy (non-hydrogen) atoms. The van der Waals surface area contributed by atoms with Gasteiger partial charge in [-0.1, -0.05) is 58.9 Å². The van der Waals surface area contributed by atoms with Gasteiger partial charge in [-0.05, 0) is 66.8 Å². The second-order valence-corrected chi connectivity index (χ2v) is 17.0. The summed E-state index contributed by atoms with van der Waals surface area (Å²) in [6, 6.07) is 15.1. The normalized spacial score (nSPS) is 18.9. The highest BCUT2D eigenvalue weighted by molar-refractivity contribution is 7.92. The standard InChI is InChI=1S/C38H46N6O4S/c1-25-10-8-11-26(2)35(25)32-17-30-18-33(41-32)42-49(46,47)31-13-9-12-27(16-31)36(45)44(28(23-48-30)19-37(3,4)5)22-34-39-20-29(21-40-34)43-15-14-38(6,7)24-43/h8-13,16-18,20-21,28H,14-15,19,22-24H2,1-7H3,(H,41,42)/t28-/m1/s1. The van der Waals surface area contributed by atoms with Crippen molar-refractivity contribution in [3.8, 4) is 17.0 Å². The van der Waals surface area contributed by atoms with E-state index in [1.54, 1.807) is 23.1 Å². The number of aromatic nitrogens is 3. The van der Waals surface area contributed by atoms with Gasteiger partial charge < -0.3 is 14.5 Å². The maximum Gasteiger partial charge on any atom is 0.263 e. The minimum Gasteiger partial charge on any atom is -0.491 e. The zero-order chi connectivity index (χ0) is 35.1. The predicted molar refractivity (Wildman–Crippen MR) is 192 cm³/mol. The van der Waals surface area contributed by atoms with Gasteiger partial charge in [-0.3, -0.25) is 9.52 Å². The van der Waals surface area contributed by atoms with E-state index in [0.29, 0.717) is 23.7 Å². The largest absolute Gasteiger partial charge is 0.491 e. The summed E-state index contributed by atoms with van der Waals surface area (Å²) in [5.74, 6) is 0.735. The third-order valence-electron chi connectivity index (χ3n) is 9.20. The molecule has 4 heterocycles. The van der Waals surface area contributed by atoms with Crippen LogP contribution < -0.4 is 14.4 Å². The number of hydrogen-bond donors (Lipinski definition) is 1. The lowest BCUT2D eigenvalue weighted by atomic mass is 9.87. The van der Waals surface area contributed by atoms with Crippen LogP contribution in [-0.2, 0) is 16.6 Å². The zero-order valence-electron chi connectivity index (χ0n) is 29.4. The van der Waals surface area contributed by atoms with Crippen molar-refractivity contribution in [2.45, 2.75) is 78.8 Å². The number of nitrogens with one attached hydrogen (secondary N) is 1. The van der Waals surface area contributed by atoms with Crippen LogP contribution in [0, 0.1) is 24.7 Å². The molecule has 258 valence electrons. The smallest absolute Gasteiger partial charge is 0.263 e. The number of amides is 1. The lowest BCUT2D eigenvalue weighted by Gasteiger charge is -2.35. The Hall–Kier alpha value is -4.51. The van der Waals surface area contributed by atoms with Crippen LogP contribution in [0.1, 0.15) is 74.8 Å². The molecule has 1 atom stereocenters. The molecule has 0 saturated carbocycles. The number of aryl methyl sites for hydroxylation is 2. The fourth-order valence-electron chi connectivity index (χ4n) is 6.75. The summed E-state index contributed by atoms with van der Waals surface area (Å²) < 4.78 is 36.6. The topological polar surface area (TPSA) is 118 Å². The molecule has 2 aromatic heterocycles. The number of nitrogens with zero attached hydrogens (tertiary/aromatic N) is 5. The summed E-state index contributed by atoms with van der Waals surface area (Å²) in [5, 5.41) is 0. The number of hydrogen-bond acceptors (Lipinski definition) is 8. The first-order chi connectivity index (χ1) is 23.1. The van der Waals surface area contributed by atoms with Gasteiger partial charge in [0.15, 0.2) is 0 Å². The first-order valence-corrected chi connectivity index (χ1v) is 18.3. The van der Waals surface area contributed by atoms with Gasteiger partial charge in [0.25, 0.3) is 15.9 Å². The third-order valence-corrected chi connectivity index (χ3v) is 10.6. The van der Waals surface area contributed by atoms with Gasteiger partial charge in [0, 0.05) is 36.3 Å². The van der Waals surface area contributed by atoms with E-state index in [1.807, 2.05) is 50.5 Å². The number of sulfonamides is 1. The number of carbonyl (C=O) groups is 1. The van der Waals surface area contributed by atoms with Crippen molar-refractivity contribution in [2.24, 2.45) is 10.8 Å². The second-order valence-electron chi connectivity index (χ2n) is 15.3. The Kier molecular flexibility index (Phi) is 9.17. The van der Waals surface area contributed by atoms with Crippen molar-refractivity contribution in [1.29, 1.82) is 0 Å². The molecule has 0 radical (unpaired) electrons. The van der Waals surface area contributed by atoms with Gasteiger partial charge in [-0.25, -0.2) is 23.4 Å². The van der Waals surface area contributed by atoms with Crippen LogP contribution in [0.4, 0.5) is 11.5 Å². The molecule has 2 aromatic carbocycles. The molecule has 0 aliphatic carbocycles. The van der Waals surface area contributed by atoms with Gasteiger partial charge in [0.1, 0.15) is 24.0 Å². The highest BCUT2D eigenvalue weighted by Gasteiger charge is 2.33. The van der Waals surface area contributed by atoms with Crippen LogP contribution in [0.2, 0.25) is 0 Å². The Balaban J connectivity index is 1.43. The molecule has 1 fully saturated rings. The van der Waals surface area contributed by atoms with Crippen molar-refractivity contribution in [2.75, 3.05) is 29.3 Å². The van der Waals surface area contributed by atoms with Crippen LogP contribution in [0.5, 0.6) is 5.75 Å². The predicted octanol–water partition coefficient (Wildman–Crippen LogP) is 7.03. The van der Waals surface area contributed by atoms with Crippen molar-refractivity contribution in [3.63, 3.8) is 0 Å². The van der Waals surface area contributed by atoms with Crippen molar-refractivity contribution >= 4 is 27.4 Å². The molecule has 1 N–H and O–H groups in total.